The van der Waals surface area contributed by atoms with Crippen molar-refractivity contribution in [1.29, 1.82) is 5.26 Å². The van der Waals surface area contributed by atoms with Crippen molar-refractivity contribution in [2.75, 3.05) is 24.5 Å². The molecule has 6 nitrogen and oxygen atoms in total. The highest BCUT2D eigenvalue weighted by molar-refractivity contribution is 8.26. The summed E-state index contributed by atoms with van der Waals surface area (Å²) in [5, 5.41) is 9.98. The third-order valence-corrected chi connectivity index (χ3v) is 10.0. The molecular weight excluding hydrogens is 561 g/mol. The molecule has 1 amide bonds. The molecule has 3 heterocycles. The second-order valence-corrected chi connectivity index (χ2v) is 14.2. The predicted molar refractivity (Wildman–Crippen MR) is 182 cm³/mol. The average molecular weight is 613 g/mol. The molecule has 0 radical (unpaired) electrons. The van der Waals surface area contributed by atoms with Gasteiger partial charge in [-0.3, -0.25) is 19.1 Å². The van der Waals surface area contributed by atoms with E-state index in [0.717, 1.165) is 56.6 Å². The minimum absolute atomic E-state index is 0.0588. The molecule has 0 aromatic carbocycles. The van der Waals surface area contributed by atoms with Crippen LogP contribution in [0.1, 0.15) is 128 Å². The van der Waals surface area contributed by atoms with E-state index in [4.69, 9.17) is 12.2 Å². The van der Waals surface area contributed by atoms with Crippen LogP contribution >= 0.6 is 24.0 Å². The molecule has 3 rings (SSSR count). The molecule has 0 bridgehead atoms. The van der Waals surface area contributed by atoms with Crippen LogP contribution < -0.4 is 10.5 Å². The van der Waals surface area contributed by atoms with E-state index in [0.29, 0.717) is 39.7 Å². The van der Waals surface area contributed by atoms with Crippen molar-refractivity contribution in [3.8, 4) is 6.07 Å². The number of nitrogens with zero attached hydrogens (tertiary/aromatic N) is 4. The Hall–Kier alpha value is -2.11. The number of thioether (sulfide) groups is 1. The Morgan fingerprint density at radius 2 is 1.48 bits per heavy atom. The SMILES string of the molecule is CCCCCCCCCCCCN1C(=O)C(=Cc2c(C)c(C#N)c(=O)n(CCCC)c2N2CC(C)CC(C)C2)SC1=S. The molecule has 2 aliphatic rings. The monoisotopic (exact) mass is 612 g/mol. The van der Waals surface area contributed by atoms with Crippen LogP contribution in [0.25, 0.3) is 6.08 Å². The summed E-state index contributed by atoms with van der Waals surface area (Å²) in [6.07, 6.45) is 17.3. The van der Waals surface area contributed by atoms with E-state index in [1.54, 1.807) is 9.47 Å². The van der Waals surface area contributed by atoms with E-state index in [9.17, 15) is 14.9 Å². The lowest BCUT2D eigenvalue weighted by atomic mass is 9.91. The van der Waals surface area contributed by atoms with Crippen LogP contribution in [0.15, 0.2) is 9.70 Å². The fourth-order valence-corrected chi connectivity index (χ4v) is 7.72. The average Bonchev–Trinajstić information content (AvgIpc) is 3.21. The number of piperidine rings is 1. The molecule has 2 unspecified atom stereocenters. The highest BCUT2D eigenvalue weighted by Crippen LogP contribution is 2.37. The minimum Gasteiger partial charge on any atom is -0.357 e. The van der Waals surface area contributed by atoms with Crippen molar-refractivity contribution < 1.29 is 4.79 Å². The minimum atomic E-state index is -0.227. The van der Waals surface area contributed by atoms with Crippen molar-refractivity contribution >= 4 is 46.1 Å². The number of amides is 1. The van der Waals surface area contributed by atoms with Gasteiger partial charge in [0.15, 0.2) is 0 Å². The van der Waals surface area contributed by atoms with Crippen LogP contribution in [0.5, 0.6) is 0 Å². The second kappa shape index (κ2) is 17.3. The van der Waals surface area contributed by atoms with Gasteiger partial charge in [0.05, 0.1) is 4.91 Å². The van der Waals surface area contributed by atoms with E-state index in [2.05, 4.69) is 38.7 Å². The fraction of sp³-hybridized carbons (Fsp3) is 0.706. The van der Waals surface area contributed by atoms with Crippen molar-refractivity contribution in [1.82, 2.24) is 9.47 Å². The summed E-state index contributed by atoms with van der Waals surface area (Å²) in [4.78, 5) is 31.8. The van der Waals surface area contributed by atoms with Crippen molar-refractivity contribution in [3.05, 3.63) is 31.9 Å². The summed E-state index contributed by atoms with van der Waals surface area (Å²) in [6, 6.07) is 2.17. The Morgan fingerprint density at radius 1 is 0.905 bits per heavy atom. The summed E-state index contributed by atoms with van der Waals surface area (Å²) in [6.45, 7) is 13.6. The summed E-state index contributed by atoms with van der Waals surface area (Å²) in [5.74, 6) is 1.78. The first kappa shape index (κ1) is 34.4. The summed E-state index contributed by atoms with van der Waals surface area (Å²) >= 11 is 7.01. The molecule has 1 aromatic rings. The Kier molecular flexibility index (Phi) is 14.1. The molecular formula is C34H52N4O2S2. The predicted octanol–water partition coefficient (Wildman–Crippen LogP) is 8.43. The van der Waals surface area contributed by atoms with Crippen LogP contribution in [-0.2, 0) is 11.3 Å². The lowest BCUT2D eigenvalue weighted by Gasteiger charge is -2.39. The third-order valence-electron chi connectivity index (χ3n) is 8.63. The van der Waals surface area contributed by atoms with E-state index >= 15 is 0 Å². The lowest BCUT2D eigenvalue weighted by Crippen LogP contribution is -2.43. The number of anilines is 1. The van der Waals surface area contributed by atoms with Gasteiger partial charge in [0.1, 0.15) is 21.8 Å². The molecule has 2 aliphatic heterocycles. The number of pyridine rings is 1. The van der Waals surface area contributed by atoms with Gasteiger partial charge in [0.25, 0.3) is 11.5 Å². The maximum Gasteiger partial charge on any atom is 0.270 e. The van der Waals surface area contributed by atoms with E-state index < -0.39 is 0 Å². The first-order valence-electron chi connectivity index (χ1n) is 16.4. The molecule has 2 atom stereocenters. The number of rotatable bonds is 16. The molecule has 8 heteroatoms. The zero-order valence-electron chi connectivity index (χ0n) is 26.7. The maximum absolute atomic E-state index is 13.6. The van der Waals surface area contributed by atoms with Gasteiger partial charge < -0.3 is 4.90 Å². The quantitative estimate of drug-likeness (QED) is 0.106. The van der Waals surface area contributed by atoms with Gasteiger partial charge in [-0.25, -0.2) is 0 Å². The van der Waals surface area contributed by atoms with Gasteiger partial charge in [-0.05, 0) is 49.7 Å². The van der Waals surface area contributed by atoms with Crippen LogP contribution in [0, 0.1) is 30.1 Å². The Morgan fingerprint density at radius 3 is 2.05 bits per heavy atom. The normalized spacial score (nSPS) is 20.1. The number of unbranched alkanes of at least 4 members (excludes halogenated alkanes) is 10. The standard InChI is InChI=1S/C34H52N4O2S2/c1-6-8-10-11-12-13-14-15-16-17-19-38-33(40)30(42-34(38)41)21-28-27(5)29(22-35)32(39)37(18-9-7-2)31(28)36-23-25(3)20-26(4)24-36/h21,25-26H,6-20,23-24H2,1-5H3. The molecule has 2 saturated heterocycles. The Labute approximate surface area is 263 Å². The van der Waals surface area contributed by atoms with Gasteiger partial charge in [-0.2, -0.15) is 5.26 Å². The first-order chi connectivity index (χ1) is 20.2. The van der Waals surface area contributed by atoms with Gasteiger partial charge in [0, 0.05) is 31.7 Å². The van der Waals surface area contributed by atoms with Crippen LogP contribution in [0.4, 0.5) is 5.82 Å². The van der Waals surface area contributed by atoms with Gasteiger partial charge >= 0.3 is 0 Å². The molecule has 232 valence electrons. The second-order valence-electron chi connectivity index (χ2n) is 12.5. The Bertz CT molecular complexity index is 1210. The molecule has 42 heavy (non-hydrogen) atoms. The lowest BCUT2D eigenvalue weighted by molar-refractivity contribution is -0.122. The molecule has 0 saturated carbocycles. The smallest absolute Gasteiger partial charge is 0.270 e. The summed E-state index contributed by atoms with van der Waals surface area (Å²) < 4.78 is 2.40. The fourth-order valence-electron chi connectivity index (χ4n) is 6.43. The van der Waals surface area contributed by atoms with Gasteiger partial charge in [0.2, 0.25) is 0 Å². The highest BCUT2D eigenvalue weighted by Gasteiger charge is 2.34. The molecule has 0 N–H and O–H groups in total. The van der Waals surface area contributed by atoms with Gasteiger partial charge in [-0.1, -0.05) is 116 Å². The Balaban J connectivity index is 1.81. The summed E-state index contributed by atoms with van der Waals surface area (Å²) in [5.41, 5.74) is 1.40. The number of hydrogen-bond donors (Lipinski definition) is 0. The van der Waals surface area contributed by atoms with Crippen LogP contribution in [0.3, 0.4) is 0 Å². The third kappa shape index (κ3) is 8.95. The number of hydrogen-bond acceptors (Lipinski definition) is 6. The van der Waals surface area contributed by atoms with E-state index in [1.165, 1.54) is 63.1 Å². The van der Waals surface area contributed by atoms with E-state index in [1.807, 2.05) is 13.0 Å². The largest absolute Gasteiger partial charge is 0.357 e. The van der Waals surface area contributed by atoms with Crippen molar-refractivity contribution in [2.24, 2.45) is 11.8 Å². The maximum atomic E-state index is 13.6. The zero-order chi connectivity index (χ0) is 30.6. The molecule has 0 spiro atoms. The zero-order valence-corrected chi connectivity index (χ0v) is 28.3. The molecule has 0 aliphatic carbocycles. The number of nitriles is 1. The number of thiocarbonyl (C=S) groups is 1. The van der Waals surface area contributed by atoms with Crippen LogP contribution in [0.2, 0.25) is 0 Å². The number of aromatic nitrogens is 1. The van der Waals surface area contributed by atoms with E-state index in [-0.39, 0.29) is 17.0 Å². The molecule has 2 fully saturated rings. The highest BCUT2D eigenvalue weighted by atomic mass is 32.2. The number of carbonyl (C=O) groups is 1. The summed E-state index contributed by atoms with van der Waals surface area (Å²) in [7, 11) is 0. The van der Waals surface area contributed by atoms with Crippen LogP contribution in [-0.4, -0.2) is 39.3 Å². The molecule has 1 aromatic heterocycles. The van der Waals surface area contributed by atoms with Crippen molar-refractivity contribution in [2.45, 2.75) is 125 Å². The first-order valence-corrected chi connectivity index (χ1v) is 17.6. The topological polar surface area (TPSA) is 69.3 Å². The number of carbonyl (C=O) groups excluding carboxylic acids is 1. The van der Waals surface area contributed by atoms with Crippen molar-refractivity contribution in [3.63, 3.8) is 0 Å². The van der Waals surface area contributed by atoms with Gasteiger partial charge in [-0.15, -0.1) is 0 Å².